The van der Waals surface area contributed by atoms with Crippen LogP contribution in [-0.2, 0) is 6.54 Å². The summed E-state index contributed by atoms with van der Waals surface area (Å²) in [6.45, 7) is 2.50. The first-order chi connectivity index (χ1) is 12.7. The molecule has 0 saturated carbocycles. The van der Waals surface area contributed by atoms with Crippen molar-refractivity contribution in [2.24, 2.45) is 0 Å². The van der Waals surface area contributed by atoms with Gasteiger partial charge in [0.05, 0.1) is 12.7 Å². The van der Waals surface area contributed by atoms with Crippen LogP contribution in [0.3, 0.4) is 0 Å². The van der Waals surface area contributed by atoms with Crippen LogP contribution in [0.15, 0.2) is 79.3 Å². The van der Waals surface area contributed by atoms with Crippen LogP contribution in [0.2, 0.25) is 0 Å². The molecule has 2 aromatic heterocycles. The van der Waals surface area contributed by atoms with Crippen molar-refractivity contribution >= 4 is 17.2 Å². The number of fused-ring (bicyclic) bond motifs is 1. The number of carbonyl (C=O) groups excluding carboxylic acids is 1. The molecule has 128 valence electrons. The standard InChI is InChI=1S/C21H18N4O/c1-16-7-5-10-18(13-16)24(15-17-8-3-2-4-9-17)21(26)19-14-23-25-12-6-11-22-20(19)25/h2-14H,15H2,1H3. The predicted molar refractivity (Wildman–Crippen MR) is 101 cm³/mol. The van der Waals surface area contributed by atoms with Gasteiger partial charge in [0.15, 0.2) is 5.65 Å². The Morgan fingerprint density at radius 2 is 1.92 bits per heavy atom. The summed E-state index contributed by atoms with van der Waals surface area (Å²) in [6, 6.07) is 19.7. The van der Waals surface area contributed by atoms with Crippen LogP contribution in [0.25, 0.3) is 5.65 Å². The second kappa shape index (κ2) is 6.80. The average molecular weight is 342 g/mol. The molecule has 0 fully saturated rings. The first-order valence-corrected chi connectivity index (χ1v) is 8.43. The molecule has 0 atom stereocenters. The Balaban J connectivity index is 1.78. The molecule has 0 radical (unpaired) electrons. The minimum absolute atomic E-state index is 0.117. The number of hydrogen-bond acceptors (Lipinski definition) is 3. The van der Waals surface area contributed by atoms with Gasteiger partial charge in [-0.25, -0.2) is 9.50 Å². The zero-order valence-electron chi connectivity index (χ0n) is 14.4. The molecular formula is C21H18N4O. The SMILES string of the molecule is Cc1cccc(N(Cc2ccccc2)C(=O)c2cnn3cccnc23)c1. The second-order valence-corrected chi connectivity index (χ2v) is 6.16. The summed E-state index contributed by atoms with van der Waals surface area (Å²) in [4.78, 5) is 19.5. The fraction of sp³-hybridized carbons (Fsp3) is 0.0952. The maximum Gasteiger partial charge on any atom is 0.264 e. The van der Waals surface area contributed by atoms with Crippen LogP contribution in [0, 0.1) is 6.92 Å². The molecule has 5 heteroatoms. The van der Waals surface area contributed by atoms with Crippen molar-refractivity contribution in [1.29, 1.82) is 0 Å². The number of rotatable bonds is 4. The van der Waals surface area contributed by atoms with Gasteiger partial charge >= 0.3 is 0 Å². The third-order valence-electron chi connectivity index (χ3n) is 4.25. The monoisotopic (exact) mass is 342 g/mol. The second-order valence-electron chi connectivity index (χ2n) is 6.16. The van der Waals surface area contributed by atoms with Crippen molar-refractivity contribution in [3.63, 3.8) is 0 Å². The fourth-order valence-corrected chi connectivity index (χ4v) is 2.97. The molecule has 0 N–H and O–H groups in total. The average Bonchev–Trinajstić information content (AvgIpc) is 3.10. The van der Waals surface area contributed by atoms with Gasteiger partial charge in [-0.15, -0.1) is 0 Å². The number of carbonyl (C=O) groups is 1. The lowest BCUT2D eigenvalue weighted by molar-refractivity contribution is 0.0986. The summed E-state index contributed by atoms with van der Waals surface area (Å²) in [6.07, 6.45) is 5.04. The van der Waals surface area contributed by atoms with Gasteiger partial charge < -0.3 is 4.90 Å². The molecule has 0 spiro atoms. The number of benzene rings is 2. The van der Waals surface area contributed by atoms with E-state index in [1.807, 2.05) is 61.5 Å². The Labute approximate surface area is 151 Å². The minimum atomic E-state index is -0.117. The van der Waals surface area contributed by atoms with E-state index in [2.05, 4.69) is 10.1 Å². The molecule has 2 heterocycles. The molecule has 0 bridgehead atoms. The first kappa shape index (κ1) is 16.0. The molecular weight excluding hydrogens is 324 g/mol. The van der Waals surface area contributed by atoms with Gasteiger partial charge in [-0.05, 0) is 36.2 Å². The zero-order valence-corrected chi connectivity index (χ0v) is 14.4. The van der Waals surface area contributed by atoms with Crippen molar-refractivity contribution in [3.05, 3.63) is 95.9 Å². The van der Waals surface area contributed by atoms with Gasteiger partial charge in [0.25, 0.3) is 5.91 Å². The van der Waals surface area contributed by atoms with Crippen LogP contribution in [0.4, 0.5) is 5.69 Å². The van der Waals surface area contributed by atoms with Gasteiger partial charge in [0, 0.05) is 18.1 Å². The summed E-state index contributed by atoms with van der Waals surface area (Å²) in [5.41, 5.74) is 4.07. The van der Waals surface area contributed by atoms with E-state index in [4.69, 9.17) is 0 Å². The third-order valence-corrected chi connectivity index (χ3v) is 4.25. The zero-order chi connectivity index (χ0) is 17.9. The third kappa shape index (κ3) is 3.07. The molecule has 4 aromatic rings. The Hall–Kier alpha value is -3.47. The normalized spacial score (nSPS) is 10.8. The predicted octanol–water partition coefficient (Wildman–Crippen LogP) is 3.88. The van der Waals surface area contributed by atoms with E-state index in [0.717, 1.165) is 16.8 Å². The van der Waals surface area contributed by atoms with Crippen LogP contribution in [0.5, 0.6) is 0 Å². The van der Waals surface area contributed by atoms with E-state index in [-0.39, 0.29) is 5.91 Å². The number of nitrogens with zero attached hydrogens (tertiary/aromatic N) is 4. The van der Waals surface area contributed by atoms with E-state index >= 15 is 0 Å². The van der Waals surface area contributed by atoms with Crippen molar-refractivity contribution < 1.29 is 4.79 Å². The molecule has 0 aliphatic rings. The summed E-state index contributed by atoms with van der Waals surface area (Å²) in [7, 11) is 0. The molecule has 5 nitrogen and oxygen atoms in total. The number of aryl methyl sites for hydroxylation is 1. The highest BCUT2D eigenvalue weighted by atomic mass is 16.2. The van der Waals surface area contributed by atoms with Gasteiger partial charge in [-0.2, -0.15) is 5.10 Å². The Morgan fingerprint density at radius 1 is 1.08 bits per heavy atom. The Kier molecular flexibility index (Phi) is 4.19. The Morgan fingerprint density at radius 3 is 2.73 bits per heavy atom. The number of hydrogen-bond donors (Lipinski definition) is 0. The molecule has 1 amide bonds. The smallest absolute Gasteiger partial charge is 0.264 e. The minimum Gasteiger partial charge on any atom is -0.304 e. The maximum atomic E-state index is 13.4. The van der Waals surface area contributed by atoms with Crippen LogP contribution in [0.1, 0.15) is 21.5 Å². The molecule has 26 heavy (non-hydrogen) atoms. The molecule has 0 unspecified atom stereocenters. The summed E-state index contributed by atoms with van der Waals surface area (Å²) in [5, 5.41) is 4.25. The largest absolute Gasteiger partial charge is 0.304 e. The number of anilines is 1. The summed E-state index contributed by atoms with van der Waals surface area (Å²) >= 11 is 0. The van der Waals surface area contributed by atoms with Crippen LogP contribution < -0.4 is 4.90 Å². The van der Waals surface area contributed by atoms with E-state index in [1.54, 1.807) is 34.1 Å². The quantitative estimate of drug-likeness (QED) is 0.565. The van der Waals surface area contributed by atoms with E-state index in [1.165, 1.54) is 0 Å². The van der Waals surface area contributed by atoms with E-state index in [0.29, 0.717) is 17.8 Å². The highest BCUT2D eigenvalue weighted by Gasteiger charge is 2.22. The van der Waals surface area contributed by atoms with Crippen molar-refractivity contribution in [3.8, 4) is 0 Å². The maximum absolute atomic E-state index is 13.4. The van der Waals surface area contributed by atoms with Gasteiger partial charge in [0.1, 0.15) is 5.56 Å². The summed E-state index contributed by atoms with van der Waals surface area (Å²) in [5.74, 6) is -0.117. The van der Waals surface area contributed by atoms with Crippen molar-refractivity contribution in [2.45, 2.75) is 13.5 Å². The topological polar surface area (TPSA) is 50.5 Å². The van der Waals surface area contributed by atoms with Gasteiger partial charge in [-0.1, -0.05) is 42.5 Å². The molecule has 4 rings (SSSR count). The van der Waals surface area contributed by atoms with E-state index < -0.39 is 0 Å². The lowest BCUT2D eigenvalue weighted by Gasteiger charge is -2.23. The fourth-order valence-electron chi connectivity index (χ4n) is 2.97. The molecule has 2 aromatic carbocycles. The Bertz CT molecular complexity index is 1060. The molecule has 0 saturated heterocycles. The first-order valence-electron chi connectivity index (χ1n) is 8.43. The van der Waals surface area contributed by atoms with Crippen LogP contribution in [-0.4, -0.2) is 20.5 Å². The number of aromatic nitrogens is 3. The van der Waals surface area contributed by atoms with Crippen molar-refractivity contribution in [1.82, 2.24) is 14.6 Å². The van der Waals surface area contributed by atoms with Gasteiger partial charge in [-0.3, -0.25) is 4.79 Å². The van der Waals surface area contributed by atoms with E-state index in [9.17, 15) is 4.79 Å². The molecule has 0 aliphatic heterocycles. The summed E-state index contributed by atoms with van der Waals surface area (Å²) < 4.78 is 1.62. The lowest BCUT2D eigenvalue weighted by Crippen LogP contribution is -2.30. The van der Waals surface area contributed by atoms with Gasteiger partial charge in [0.2, 0.25) is 0 Å². The highest BCUT2D eigenvalue weighted by Crippen LogP contribution is 2.22. The lowest BCUT2D eigenvalue weighted by atomic mass is 10.1. The van der Waals surface area contributed by atoms with Crippen LogP contribution >= 0.6 is 0 Å². The highest BCUT2D eigenvalue weighted by molar-refractivity contribution is 6.09. The number of amides is 1. The van der Waals surface area contributed by atoms with Crippen molar-refractivity contribution in [2.75, 3.05) is 4.90 Å². The molecule has 0 aliphatic carbocycles.